The van der Waals surface area contributed by atoms with Crippen molar-refractivity contribution in [3.05, 3.63) is 53.4 Å². The molecule has 2 N–H and O–H groups in total. The standard InChI is InChI=1S/C21H24ClN5O3/c1-4-29-17-9-8-16(13-18(17)28-3)25-21(23-2)24-11-10-19-26-20(27-30-19)14-6-5-7-15(22)12-14/h5-9,12-13H,4,10-11H2,1-3H3,(H2,23,24,25). The van der Waals surface area contributed by atoms with Crippen LogP contribution >= 0.6 is 11.6 Å². The lowest BCUT2D eigenvalue weighted by Gasteiger charge is -2.14. The molecule has 0 aliphatic heterocycles. The second-order valence-corrected chi connectivity index (χ2v) is 6.63. The Bertz CT molecular complexity index is 1010. The van der Waals surface area contributed by atoms with E-state index in [1.54, 1.807) is 26.3 Å². The third-order valence-electron chi connectivity index (χ3n) is 4.13. The lowest BCUT2D eigenvalue weighted by atomic mass is 10.2. The summed E-state index contributed by atoms with van der Waals surface area (Å²) in [5.41, 5.74) is 1.64. The number of benzene rings is 2. The summed E-state index contributed by atoms with van der Waals surface area (Å²) in [4.78, 5) is 8.64. The van der Waals surface area contributed by atoms with Gasteiger partial charge in [-0.3, -0.25) is 4.99 Å². The van der Waals surface area contributed by atoms with Gasteiger partial charge < -0.3 is 24.6 Å². The zero-order chi connectivity index (χ0) is 21.3. The van der Waals surface area contributed by atoms with Crippen molar-refractivity contribution in [2.24, 2.45) is 4.99 Å². The van der Waals surface area contributed by atoms with Gasteiger partial charge in [-0.1, -0.05) is 28.9 Å². The number of anilines is 1. The molecule has 0 aliphatic rings. The molecule has 1 aromatic heterocycles. The summed E-state index contributed by atoms with van der Waals surface area (Å²) in [7, 11) is 3.31. The van der Waals surface area contributed by atoms with E-state index < -0.39 is 0 Å². The predicted octanol–water partition coefficient (Wildman–Crippen LogP) is 4.03. The van der Waals surface area contributed by atoms with E-state index in [2.05, 4.69) is 25.8 Å². The first-order chi connectivity index (χ1) is 14.6. The van der Waals surface area contributed by atoms with Gasteiger partial charge >= 0.3 is 0 Å². The maximum Gasteiger partial charge on any atom is 0.228 e. The van der Waals surface area contributed by atoms with Crippen LogP contribution in [0.2, 0.25) is 5.02 Å². The van der Waals surface area contributed by atoms with E-state index in [9.17, 15) is 0 Å². The van der Waals surface area contributed by atoms with E-state index in [4.69, 9.17) is 25.6 Å². The van der Waals surface area contributed by atoms with Gasteiger partial charge in [-0.25, -0.2) is 0 Å². The third-order valence-corrected chi connectivity index (χ3v) is 4.37. The van der Waals surface area contributed by atoms with Crippen LogP contribution in [0.25, 0.3) is 11.4 Å². The fourth-order valence-corrected chi connectivity index (χ4v) is 2.92. The van der Waals surface area contributed by atoms with Crippen molar-refractivity contribution in [1.29, 1.82) is 0 Å². The lowest BCUT2D eigenvalue weighted by Crippen LogP contribution is -2.32. The normalized spacial score (nSPS) is 11.3. The van der Waals surface area contributed by atoms with Crippen molar-refractivity contribution in [2.45, 2.75) is 13.3 Å². The second kappa shape index (κ2) is 10.5. The number of aromatic nitrogens is 2. The molecule has 0 atom stereocenters. The number of guanidine groups is 1. The minimum atomic E-state index is 0.511. The van der Waals surface area contributed by atoms with Crippen molar-refractivity contribution < 1.29 is 14.0 Å². The van der Waals surface area contributed by atoms with Crippen LogP contribution in [0.15, 0.2) is 52.0 Å². The smallest absolute Gasteiger partial charge is 0.228 e. The van der Waals surface area contributed by atoms with Crippen LogP contribution in [0.5, 0.6) is 11.5 Å². The van der Waals surface area contributed by atoms with Crippen molar-refractivity contribution in [2.75, 3.05) is 32.6 Å². The summed E-state index contributed by atoms with van der Waals surface area (Å²) in [6.45, 7) is 3.06. The summed E-state index contributed by atoms with van der Waals surface area (Å²) >= 11 is 6.01. The van der Waals surface area contributed by atoms with Crippen molar-refractivity contribution in [1.82, 2.24) is 15.5 Å². The van der Waals surface area contributed by atoms with Gasteiger partial charge in [0.05, 0.1) is 13.7 Å². The molecule has 1 heterocycles. The van der Waals surface area contributed by atoms with Crippen LogP contribution in [0.1, 0.15) is 12.8 Å². The first-order valence-corrected chi connectivity index (χ1v) is 9.87. The average molecular weight is 430 g/mol. The van der Waals surface area contributed by atoms with Crippen molar-refractivity contribution in [3.8, 4) is 22.9 Å². The lowest BCUT2D eigenvalue weighted by molar-refractivity contribution is 0.311. The van der Waals surface area contributed by atoms with Crippen LogP contribution in [0.3, 0.4) is 0 Å². The van der Waals surface area contributed by atoms with Crippen LogP contribution < -0.4 is 20.1 Å². The number of nitrogens with one attached hydrogen (secondary N) is 2. The molecule has 8 nitrogen and oxygen atoms in total. The van der Waals surface area contributed by atoms with Gasteiger partial charge in [0, 0.05) is 42.4 Å². The fraction of sp³-hybridized carbons (Fsp3) is 0.286. The number of hydrogen-bond donors (Lipinski definition) is 2. The molecule has 0 radical (unpaired) electrons. The molecule has 0 amide bonds. The highest BCUT2D eigenvalue weighted by Gasteiger charge is 2.10. The van der Waals surface area contributed by atoms with Crippen LogP contribution in [-0.4, -0.2) is 43.4 Å². The molecule has 9 heteroatoms. The molecule has 2 aromatic carbocycles. The Morgan fingerprint density at radius 2 is 2.07 bits per heavy atom. The summed E-state index contributed by atoms with van der Waals surface area (Å²) in [5.74, 6) is 2.99. The maximum atomic E-state index is 6.01. The first-order valence-electron chi connectivity index (χ1n) is 9.50. The van der Waals surface area contributed by atoms with Crippen molar-refractivity contribution in [3.63, 3.8) is 0 Å². The van der Waals surface area contributed by atoms with E-state index in [1.165, 1.54) is 0 Å². The molecule has 0 saturated carbocycles. The molecule has 0 bridgehead atoms. The van der Waals surface area contributed by atoms with Gasteiger partial charge in [-0.05, 0) is 31.2 Å². The SMILES string of the molecule is CCOc1ccc(NC(=NC)NCCc2nc(-c3cccc(Cl)c3)no2)cc1OC. The molecule has 3 rings (SSSR count). The Hall–Kier alpha value is -3.26. The molecule has 0 fully saturated rings. The Labute approximate surface area is 180 Å². The Morgan fingerprint density at radius 1 is 1.20 bits per heavy atom. The van der Waals surface area contributed by atoms with Gasteiger partial charge in [0.15, 0.2) is 17.5 Å². The topological polar surface area (TPSA) is 93.8 Å². The monoisotopic (exact) mass is 429 g/mol. The summed E-state index contributed by atoms with van der Waals surface area (Å²) in [6, 6.07) is 12.9. The molecular weight excluding hydrogens is 406 g/mol. The maximum absolute atomic E-state index is 6.01. The second-order valence-electron chi connectivity index (χ2n) is 6.19. The van der Waals surface area contributed by atoms with Gasteiger partial charge in [0.1, 0.15) is 0 Å². The third kappa shape index (κ3) is 5.64. The molecule has 3 aromatic rings. The van der Waals surface area contributed by atoms with Gasteiger partial charge in [0.2, 0.25) is 11.7 Å². The van der Waals surface area contributed by atoms with E-state index in [-0.39, 0.29) is 0 Å². The zero-order valence-corrected chi connectivity index (χ0v) is 17.9. The number of hydrogen-bond acceptors (Lipinski definition) is 6. The Balaban J connectivity index is 1.55. The summed E-state index contributed by atoms with van der Waals surface area (Å²) < 4.78 is 16.2. The molecular formula is C21H24ClN5O3. The first kappa shape index (κ1) is 21.4. The molecule has 0 unspecified atom stereocenters. The zero-order valence-electron chi connectivity index (χ0n) is 17.1. The van der Waals surface area contributed by atoms with Crippen LogP contribution in [-0.2, 0) is 6.42 Å². The molecule has 0 aliphatic carbocycles. The summed E-state index contributed by atoms with van der Waals surface area (Å²) in [6.07, 6.45) is 0.543. The number of aliphatic imine (C=N–C) groups is 1. The molecule has 30 heavy (non-hydrogen) atoms. The quantitative estimate of drug-likeness (QED) is 0.412. The minimum absolute atomic E-state index is 0.511. The summed E-state index contributed by atoms with van der Waals surface area (Å²) in [5, 5.41) is 11.1. The van der Waals surface area contributed by atoms with Crippen molar-refractivity contribution >= 4 is 23.2 Å². The van der Waals surface area contributed by atoms with Gasteiger partial charge in [-0.2, -0.15) is 4.98 Å². The van der Waals surface area contributed by atoms with E-state index in [1.807, 2.05) is 37.3 Å². The van der Waals surface area contributed by atoms with E-state index in [0.717, 1.165) is 11.3 Å². The van der Waals surface area contributed by atoms with Gasteiger partial charge in [-0.15, -0.1) is 0 Å². The molecule has 0 saturated heterocycles. The highest BCUT2D eigenvalue weighted by molar-refractivity contribution is 6.30. The Morgan fingerprint density at radius 3 is 2.80 bits per heavy atom. The highest BCUT2D eigenvalue weighted by atomic mass is 35.5. The predicted molar refractivity (Wildman–Crippen MR) is 118 cm³/mol. The highest BCUT2D eigenvalue weighted by Crippen LogP contribution is 2.30. The number of halogens is 1. The van der Waals surface area contributed by atoms with E-state index in [0.29, 0.717) is 53.8 Å². The average Bonchev–Trinajstić information content (AvgIpc) is 3.23. The van der Waals surface area contributed by atoms with E-state index >= 15 is 0 Å². The minimum Gasteiger partial charge on any atom is -0.493 e. The largest absolute Gasteiger partial charge is 0.493 e. The number of nitrogens with zero attached hydrogens (tertiary/aromatic N) is 3. The molecule has 158 valence electrons. The van der Waals surface area contributed by atoms with Crippen LogP contribution in [0.4, 0.5) is 5.69 Å². The van der Waals surface area contributed by atoms with Gasteiger partial charge in [0.25, 0.3) is 0 Å². The number of rotatable bonds is 8. The van der Waals surface area contributed by atoms with Crippen LogP contribution in [0, 0.1) is 0 Å². The molecule has 0 spiro atoms. The Kier molecular flexibility index (Phi) is 7.51. The fourth-order valence-electron chi connectivity index (χ4n) is 2.73. The number of methoxy groups -OCH3 is 1. The number of ether oxygens (including phenoxy) is 2.